The zero-order valence-electron chi connectivity index (χ0n) is 10.7. The lowest BCUT2D eigenvalue weighted by Crippen LogP contribution is -2.11. The van der Waals surface area contributed by atoms with Crippen LogP contribution in [0.1, 0.15) is 13.9 Å². The van der Waals surface area contributed by atoms with E-state index in [1.807, 2.05) is 0 Å². The highest BCUT2D eigenvalue weighted by Gasteiger charge is 2.21. The first kappa shape index (κ1) is 8.25. The first-order valence-corrected chi connectivity index (χ1v) is 5.07. The van der Waals surface area contributed by atoms with E-state index >= 15 is 0 Å². The monoisotopic (exact) mass is 237 g/mol. The number of H-pyrrole nitrogens is 1. The Morgan fingerprint density at radius 2 is 2.41 bits per heavy atom. The Bertz CT molecular complexity index is 742. The molecule has 2 heterocycles. The summed E-state index contributed by atoms with van der Waals surface area (Å²) >= 11 is 0. The molecule has 88 valence electrons. The maximum Gasteiger partial charge on any atom is 0.255 e. The van der Waals surface area contributed by atoms with Crippen molar-refractivity contribution in [2.45, 2.75) is 13.0 Å². The van der Waals surface area contributed by atoms with E-state index in [9.17, 15) is 9.18 Å². The molecule has 0 saturated heterocycles. The summed E-state index contributed by atoms with van der Waals surface area (Å²) in [5, 5.41) is 9.30. The molecule has 0 bridgehead atoms. The molecule has 0 atom stereocenters. The first-order valence-electron chi connectivity index (χ1n) is 6.07. The molecule has 0 saturated carbocycles. The van der Waals surface area contributed by atoms with Crippen LogP contribution in [0.4, 0.5) is 4.39 Å². The summed E-state index contributed by atoms with van der Waals surface area (Å²) in [4.78, 5) is 14.2. The van der Waals surface area contributed by atoms with Crippen LogP contribution in [0.15, 0.2) is 16.9 Å². The molecule has 0 amide bonds. The molecule has 5 heteroatoms. The molecule has 0 radical (unpaired) electrons. The minimum atomic E-state index is -1.89. The number of rotatable bonds is 1. The topological polar surface area (TPSA) is 62.3 Å². The van der Waals surface area contributed by atoms with Crippen molar-refractivity contribution >= 4 is 10.9 Å². The van der Waals surface area contributed by atoms with Gasteiger partial charge in [0.1, 0.15) is 5.75 Å². The Labute approximate surface area is 98.5 Å². The van der Waals surface area contributed by atoms with Crippen LogP contribution in [0.5, 0.6) is 5.75 Å². The molecule has 2 aromatic rings. The van der Waals surface area contributed by atoms with Gasteiger partial charge in [0.25, 0.3) is 5.56 Å². The van der Waals surface area contributed by atoms with Gasteiger partial charge >= 0.3 is 0 Å². The molecule has 0 spiro atoms. The number of pyridine rings is 1. The van der Waals surface area contributed by atoms with Crippen molar-refractivity contribution in [3.05, 3.63) is 39.4 Å². The summed E-state index contributed by atoms with van der Waals surface area (Å²) in [5.41, 5.74) is -0.841. The van der Waals surface area contributed by atoms with Gasteiger partial charge in [-0.1, -0.05) is 6.07 Å². The molecule has 0 aliphatic carbocycles. The fraction of sp³-hybridized carbons (Fsp3) is 0.250. The van der Waals surface area contributed by atoms with Crippen molar-refractivity contribution in [3.8, 4) is 5.75 Å². The van der Waals surface area contributed by atoms with Crippen LogP contribution in [0, 0.1) is 5.82 Å². The van der Waals surface area contributed by atoms with Crippen LogP contribution in [0.25, 0.3) is 10.9 Å². The van der Waals surface area contributed by atoms with E-state index in [2.05, 4.69) is 4.98 Å². The van der Waals surface area contributed by atoms with E-state index in [0.29, 0.717) is 5.39 Å². The highest BCUT2D eigenvalue weighted by Crippen LogP contribution is 2.32. The van der Waals surface area contributed by atoms with Crippen molar-refractivity contribution in [2.75, 3.05) is 6.61 Å². The van der Waals surface area contributed by atoms with Crippen molar-refractivity contribution in [1.82, 2.24) is 4.98 Å². The number of halogens is 1. The van der Waals surface area contributed by atoms with E-state index in [1.54, 1.807) is 0 Å². The Morgan fingerprint density at radius 3 is 3.18 bits per heavy atom. The Morgan fingerprint density at radius 1 is 1.59 bits per heavy atom. The van der Waals surface area contributed by atoms with Gasteiger partial charge in [0.05, 0.1) is 24.3 Å². The molecule has 0 fully saturated rings. The summed E-state index contributed by atoms with van der Waals surface area (Å²) in [6, 6.07) is 2.88. The molecule has 17 heavy (non-hydrogen) atoms. The number of nitrogens with one attached hydrogen (secondary N) is 1. The van der Waals surface area contributed by atoms with Gasteiger partial charge in [-0.3, -0.25) is 4.79 Å². The van der Waals surface area contributed by atoms with Gasteiger partial charge in [-0.05, 0) is 6.07 Å². The van der Waals surface area contributed by atoms with Crippen LogP contribution in [-0.4, -0.2) is 16.7 Å². The second-order valence-electron chi connectivity index (χ2n) is 3.74. The SMILES string of the molecule is [2H]C1([2H])COc2c1c(=O)[nH]c1c(F)c(CO)ccc21. The summed E-state index contributed by atoms with van der Waals surface area (Å²) in [5.74, 6) is -0.650. The third-order valence-corrected chi connectivity index (χ3v) is 2.80. The predicted octanol–water partition coefficient (Wildman–Crippen LogP) is 1.09. The number of fused-ring (bicyclic) bond motifs is 3. The van der Waals surface area contributed by atoms with Gasteiger partial charge < -0.3 is 14.8 Å². The number of aliphatic hydroxyl groups is 1. The van der Waals surface area contributed by atoms with Crippen LogP contribution < -0.4 is 10.3 Å². The molecule has 4 nitrogen and oxygen atoms in total. The molecular formula is C12H10FNO3. The van der Waals surface area contributed by atoms with Gasteiger partial charge in [-0.25, -0.2) is 4.39 Å². The largest absolute Gasteiger partial charge is 0.492 e. The highest BCUT2D eigenvalue weighted by atomic mass is 19.1. The summed E-state index contributed by atoms with van der Waals surface area (Å²) in [6.45, 7) is -0.754. The lowest BCUT2D eigenvalue weighted by Gasteiger charge is -2.07. The highest BCUT2D eigenvalue weighted by molar-refractivity contribution is 5.87. The minimum Gasteiger partial charge on any atom is -0.492 e. The number of aromatic amines is 1. The summed E-state index contributed by atoms with van der Waals surface area (Å²) in [6.07, 6.45) is -1.89. The molecule has 1 aromatic carbocycles. The van der Waals surface area contributed by atoms with Gasteiger partial charge in [0.15, 0.2) is 5.82 Å². The van der Waals surface area contributed by atoms with Crippen molar-refractivity contribution < 1.29 is 17.0 Å². The number of benzene rings is 1. The molecular weight excluding hydrogens is 225 g/mol. The standard InChI is InChI=1S/C12H10FNO3/c13-9-6(5-15)1-2-7-10(9)14-12(16)8-3-4-17-11(7)8/h1-2,15H,3-5H2,(H,14,16)/i3D2. The maximum atomic E-state index is 14.0. The fourth-order valence-electron chi connectivity index (χ4n) is 1.96. The third kappa shape index (κ3) is 1.36. The third-order valence-electron chi connectivity index (χ3n) is 2.80. The van der Waals surface area contributed by atoms with Crippen molar-refractivity contribution in [3.63, 3.8) is 0 Å². The zero-order chi connectivity index (χ0) is 13.8. The predicted molar refractivity (Wildman–Crippen MR) is 59.6 cm³/mol. The first-order chi connectivity index (χ1) is 8.95. The number of ether oxygens (including phenoxy) is 1. The van der Waals surface area contributed by atoms with Gasteiger partial charge in [0, 0.05) is 20.1 Å². The second-order valence-corrected chi connectivity index (χ2v) is 3.74. The van der Waals surface area contributed by atoms with Crippen LogP contribution in [0.3, 0.4) is 0 Å². The van der Waals surface area contributed by atoms with E-state index < -0.39 is 24.4 Å². The van der Waals surface area contributed by atoms with E-state index in [-0.39, 0.29) is 29.0 Å². The van der Waals surface area contributed by atoms with Crippen molar-refractivity contribution in [1.29, 1.82) is 0 Å². The summed E-state index contributed by atoms with van der Waals surface area (Å²) in [7, 11) is 0. The quantitative estimate of drug-likeness (QED) is 0.780. The van der Waals surface area contributed by atoms with E-state index in [1.165, 1.54) is 12.1 Å². The van der Waals surface area contributed by atoms with Crippen LogP contribution in [0.2, 0.25) is 0 Å². The Hall–Kier alpha value is -1.88. The number of aliphatic hydroxyl groups excluding tert-OH is 1. The fourth-order valence-corrected chi connectivity index (χ4v) is 1.96. The Balaban J connectivity index is 2.44. The lowest BCUT2D eigenvalue weighted by atomic mass is 10.1. The summed E-state index contributed by atoms with van der Waals surface area (Å²) < 4.78 is 34.7. The number of hydrogen-bond donors (Lipinski definition) is 2. The molecule has 1 aliphatic heterocycles. The van der Waals surface area contributed by atoms with Gasteiger partial charge in [-0.15, -0.1) is 0 Å². The number of hydrogen-bond acceptors (Lipinski definition) is 3. The normalized spacial score (nSPS) is 18.5. The van der Waals surface area contributed by atoms with Gasteiger partial charge in [0.2, 0.25) is 0 Å². The molecule has 0 unspecified atom stereocenters. The lowest BCUT2D eigenvalue weighted by molar-refractivity contribution is 0.276. The minimum absolute atomic E-state index is 0.0594. The average molecular weight is 237 g/mol. The molecule has 1 aliphatic rings. The molecule has 1 aromatic heterocycles. The maximum absolute atomic E-state index is 14.0. The van der Waals surface area contributed by atoms with Crippen LogP contribution in [-0.2, 0) is 13.0 Å². The molecule has 2 N–H and O–H groups in total. The van der Waals surface area contributed by atoms with Crippen molar-refractivity contribution in [2.24, 2.45) is 0 Å². The van der Waals surface area contributed by atoms with E-state index in [4.69, 9.17) is 12.6 Å². The zero-order valence-corrected chi connectivity index (χ0v) is 8.71. The second kappa shape index (κ2) is 3.56. The molecule has 3 rings (SSSR count). The van der Waals surface area contributed by atoms with E-state index in [0.717, 1.165) is 0 Å². The number of aromatic nitrogens is 1. The Kier molecular flexibility index (Phi) is 1.73. The average Bonchev–Trinajstić information content (AvgIpc) is 2.68. The van der Waals surface area contributed by atoms with Crippen LogP contribution >= 0.6 is 0 Å². The smallest absolute Gasteiger partial charge is 0.255 e. The van der Waals surface area contributed by atoms with Gasteiger partial charge in [-0.2, -0.15) is 0 Å².